The predicted molar refractivity (Wildman–Crippen MR) is 57.1 cm³/mol. The molecule has 2 heterocycles. The van der Waals surface area contributed by atoms with Crippen molar-refractivity contribution in [2.75, 3.05) is 6.61 Å². The first kappa shape index (κ1) is 11.4. The van der Waals surface area contributed by atoms with Crippen molar-refractivity contribution in [3.05, 3.63) is 5.82 Å². The highest BCUT2D eigenvalue weighted by Gasteiger charge is 2.32. The zero-order chi connectivity index (χ0) is 11.5. The molecule has 0 aliphatic carbocycles. The second-order valence-electron chi connectivity index (χ2n) is 4.20. The Morgan fingerprint density at radius 2 is 2.50 bits per heavy atom. The van der Waals surface area contributed by atoms with Crippen molar-refractivity contribution in [2.24, 2.45) is 18.8 Å². The van der Waals surface area contributed by atoms with Crippen LogP contribution < -0.4 is 11.3 Å². The van der Waals surface area contributed by atoms with Gasteiger partial charge < -0.3 is 4.74 Å². The third kappa shape index (κ3) is 2.37. The van der Waals surface area contributed by atoms with E-state index in [1.54, 1.807) is 7.05 Å². The van der Waals surface area contributed by atoms with Gasteiger partial charge in [-0.1, -0.05) is 0 Å². The summed E-state index contributed by atoms with van der Waals surface area (Å²) in [6, 6.07) is 0.140. The summed E-state index contributed by atoms with van der Waals surface area (Å²) in [5.41, 5.74) is 2.84. The number of ether oxygens (including phenoxy) is 1. The van der Waals surface area contributed by atoms with Gasteiger partial charge in [0.05, 0.1) is 13.2 Å². The smallest absolute Gasteiger partial charge is 0.176 e. The van der Waals surface area contributed by atoms with Gasteiger partial charge in [-0.25, -0.2) is 0 Å². The van der Waals surface area contributed by atoms with Gasteiger partial charge in [-0.05, 0) is 18.6 Å². The number of nitrogens with two attached hydrogens (primary N) is 1. The van der Waals surface area contributed by atoms with Crippen LogP contribution in [-0.4, -0.2) is 39.0 Å². The average molecular weight is 226 g/mol. The molecule has 0 amide bonds. The summed E-state index contributed by atoms with van der Waals surface area (Å²) in [6.45, 7) is 2.88. The molecule has 16 heavy (non-hydrogen) atoms. The molecule has 3 unspecified atom stereocenters. The average Bonchev–Trinajstić information content (AvgIpc) is 2.84. The van der Waals surface area contributed by atoms with Crippen molar-refractivity contribution >= 4 is 0 Å². The lowest BCUT2D eigenvalue weighted by molar-refractivity contribution is 0.0951. The second-order valence-corrected chi connectivity index (χ2v) is 4.20. The lowest BCUT2D eigenvalue weighted by atomic mass is 9.91. The zero-order valence-corrected chi connectivity index (χ0v) is 9.63. The van der Waals surface area contributed by atoms with Crippen LogP contribution >= 0.6 is 0 Å². The normalized spacial score (nSPS) is 27.2. The molecular weight excluding hydrogens is 208 g/mol. The van der Waals surface area contributed by atoms with Crippen molar-refractivity contribution in [2.45, 2.75) is 31.9 Å². The van der Waals surface area contributed by atoms with Crippen LogP contribution in [0.3, 0.4) is 0 Å². The zero-order valence-electron chi connectivity index (χ0n) is 9.63. The molecule has 3 N–H and O–H groups in total. The Balaban J connectivity index is 2.00. The van der Waals surface area contributed by atoms with E-state index in [4.69, 9.17) is 10.6 Å². The third-order valence-electron chi connectivity index (χ3n) is 3.12. The van der Waals surface area contributed by atoms with Crippen LogP contribution in [0.25, 0.3) is 0 Å². The maximum absolute atomic E-state index is 5.58. The van der Waals surface area contributed by atoms with Crippen LogP contribution in [-0.2, 0) is 18.2 Å². The van der Waals surface area contributed by atoms with Crippen molar-refractivity contribution < 1.29 is 4.74 Å². The van der Waals surface area contributed by atoms with Crippen LogP contribution in [0.2, 0.25) is 0 Å². The molecule has 0 bridgehead atoms. The van der Waals surface area contributed by atoms with Crippen LogP contribution in [0, 0.1) is 5.92 Å². The summed E-state index contributed by atoms with van der Waals surface area (Å²) in [6.07, 6.45) is 1.94. The van der Waals surface area contributed by atoms with Gasteiger partial charge in [-0.3, -0.25) is 11.3 Å². The summed E-state index contributed by atoms with van der Waals surface area (Å²) in [4.78, 5) is 1.46. The molecule has 1 aromatic rings. The minimum Gasteiger partial charge on any atom is -0.378 e. The van der Waals surface area contributed by atoms with Gasteiger partial charge in [0.1, 0.15) is 0 Å². The fraction of sp³-hybridized carbons (Fsp3) is 0.889. The molecule has 1 aliphatic rings. The molecule has 1 fully saturated rings. The van der Waals surface area contributed by atoms with E-state index in [9.17, 15) is 0 Å². The number of nitrogens with one attached hydrogen (secondary N) is 1. The number of aryl methyl sites for hydroxylation is 1. The number of hydrazine groups is 1. The van der Waals surface area contributed by atoms with Gasteiger partial charge in [0.15, 0.2) is 5.82 Å². The quantitative estimate of drug-likeness (QED) is 0.506. The van der Waals surface area contributed by atoms with E-state index in [0.717, 1.165) is 13.0 Å². The number of aromatic nitrogens is 4. The second kappa shape index (κ2) is 4.86. The van der Waals surface area contributed by atoms with Crippen LogP contribution in [0.1, 0.15) is 19.2 Å². The van der Waals surface area contributed by atoms with Gasteiger partial charge >= 0.3 is 0 Å². The largest absolute Gasteiger partial charge is 0.378 e. The Hall–Kier alpha value is -1.05. The van der Waals surface area contributed by atoms with E-state index < -0.39 is 0 Å². The Morgan fingerprint density at radius 1 is 1.69 bits per heavy atom. The molecular formula is C9H18N6O. The van der Waals surface area contributed by atoms with Gasteiger partial charge in [-0.2, -0.15) is 4.80 Å². The molecule has 1 aliphatic heterocycles. The standard InChI is InChI=1S/C9H18N6O/c1-6-7(3-4-16-6)8(11-10)5-9-12-14-15(2)13-9/h6-8,11H,3-5,10H2,1-2H3. The van der Waals surface area contributed by atoms with E-state index in [0.29, 0.717) is 18.2 Å². The molecule has 1 saturated heterocycles. The van der Waals surface area contributed by atoms with Crippen molar-refractivity contribution in [3.63, 3.8) is 0 Å². The number of tetrazole rings is 1. The first-order valence-electron chi connectivity index (χ1n) is 5.51. The van der Waals surface area contributed by atoms with Gasteiger partial charge in [0.25, 0.3) is 0 Å². The van der Waals surface area contributed by atoms with Crippen molar-refractivity contribution in [1.82, 2.24) is 25.6 Å². The lowest BCUT2D eigenvalue weighted by Gasteiger charge is -2.23. The Morgan fingerprint density at radius 3 is 3.00 bits per heavy atom. The number of hydrogen-bond acceptors (Lipinski definition) is 6. The molecule has 2 rings (SSSR count). The SMILES string of the molecule is CC1OCCC1C(Cc1nnn(C)n1)NN. The molecule has 0 radical (unpaired) electrons. The number of hydrogen-bond donors (Lipinski definition) is 2. The highest BCUT2D eigenvalue weighted by Crippen LogP contribution is 2.24. The molecule has 7 heteroatoms. The Kier molecular flexibility index (Phi) is 3.47. The first-order chi connectivity index (χ1) is 7.70. The molecule has 0 saturated carbocycles. The molecule has 0 spiro atoms. The van der Waals surface area contributed by atoms with E-state index in [2.05, 4.69) is 27.8 Å². The highest BCUT2D eigenvalue weighted by atomic mass is 16.5. The van der Waals surface area contributed by atoms with Crippen molar-refractivity contribution in [1.29, 1.82) is 0 Å². The van der Waals surface area contributed by atoms with Gasteiger partial charge in [0, 0.05) is 25.0 Å². The molecule has 7 nitrogen and oxygen atoms in total. The molecule has 3 atom stereocenters. The molecule has 90 valence electrons. The predicted octanol–water partition coefficient (Wildman–Crippen LogP) is -0.990. The number of nitrogens with zero attached hydrogens (tertiary/aromatic N) is 4. The van der Waals surface area contributed by atoms with E-state index in [1.807, 2.05) is 0 Å². The van der Waals surface area contributed by atoms with Crippen LogP contribution in [0.4, 0.5) is 0 Å². The summed E-state index contributed by atoms with van der Waals surface area (Å²) in [7, 11) is 1.75. The fourth-order valence-electron chi connectivity index (χ4n) is 2.21. The summed E-state index contributed by atoms with van der Waals surface area (Å²) >= 11 is 0. The van der Waals surface area contributed by atoms with Crippen LogP contribution in [0.5, 0.6) is 0 Å². The summed E-state index contributed by atoms with van der Waals surface area (Å²) in [5, 5.41) is 11.9. The maximum Gasteiger partial charge on any atom is 0.176 e. The fourth-order valence-corrected chi connectivity index (χ4v) is 2.21. The van der Waals surface area contributed by atoms with Crippen molar-refractivity contribution in [3.8, 4) is 0 Å². The Labute approximate surface area is 94.3 Å². The topological polar surface area (TPSA) is 90.9 Å². The maximum atomic E-state index is 5.58. The van der Waals surface area contributed by atoms with Gasteiger partial charge in [0.2, 0.25) is 0 Å². The van der Waals surface area contributed by atoms with E-state index in [1.165, 1.54) is 4.80 Å². The monoisotopic (exact) mass is 226 g/mol. The van der Waals surface area contributed by atoms with Crippen LogP contribution in [0.15, 0.2) is 0 Å². The molecule has 1 aromatic heterocycles. The van der Waals surface area contributed by atoms with Gasteiger partial charge in [-0.15, -0.1) is 10.2 Å². The minimum atomic E-state index is 0.140. The number of rotatable bonds is 4. The lowest BCUT2D eigenvalue weighted by Crippen LogP contribution is -2.44. The summed E-state index contributed by atoms with van der Waals surface area (Å²) in [5.74, 6) is 6.70. The first-order valence-corrected chi connectivity index (χ1v) is 5.51. The summed E-state index contributed by atoms with van der Waals surface area (Å²) < 4.78 is 5.53. The van der Waals surface area contributed by atoms with E-state index >= 15 is 0 Å². The Bertz CT molecular complexity index is 340. The third-order valence-corrected chi connectivity index (χ3v) is 3.12. The van der Waals surface area contributed by atoms with E-state index in [-0.39, 0.29) is 12.1 Å². The highest BCUT2D eigenvalue weighted by molar-refractivity contribution is 4.91. The molecule has 0 aromatic carbocycles. The minimum absolute atomic E-state index is 0.140.